The molecule has 2 aromatic carbocycles. The Bertz CT molecular complexity index is 923. The van der Waals surface area contributed by atoms with Gasteiger partial charge in [-0.05, 0) is 25.1 Å². The van der Waals surface area contributed by atoms with E-state index < -0.39 is 23.0 Å². The number of nitrogens with two attached hydrogens (primary N) is 1. The molecule has 1 amide bonds. The van der Waals surface area contributed by atoms with Crippen molar-refractivity contribution in [2.75, 3.05) is 5.73 Å². The number of ketones is 1. The fraction of sp³-hybridized carbons (Fsp3) is 0.222. The maximum atomic E-state index is 13.3. The summed E-state index contributed by atoms with van der Waals surface area (Å²) < 4.78 is 5.79. The Hall–Kier alpha value is -2.86. The van der Waals surface area contributed by atoms with Crippen LogP contribution >= 0.6 is 0 Å². The molecule has 4 N–H and O–H groups in total. The van der Waals surface area contributed by atoms with Crippen molar-refractivity contribution in [3.63, 3.8) is 0 Å². The molecule has 2 atom stereocenters. The van der Waals surface area contributed by atoms with Crippen molar-refractivity contribution in [1.82, 2.24) is 5.32 Å². The molecular weight excluding hydrogens is 308 g/mol. The number of aryl methyl sites for hydroxylation is 1. The zero-order valence-electron chi connectivity index (χ0n) is 13.2. The monoisotopic (exact) mass is 324 g/mol. The molecule has 1 heterocycles. The third-order valence-corrected chi connectivity index (χ3v) is 4.70. The molecule has 0 spiro atoms. The van der Waals surface area contributed by atoms with Gasteiger partial charge in [0.15, 0.2) is 0 Å². The molecule has 0 aromatic heterocycles. The zero-order valence-corrected chi connectivity index (χ0v) is 13.2. The van der Waals surface area contributed by atoms with Crippen molar-refractivity contribution in [2.24, 2.45) is 0 Å². The quantitative estimate of drug-likeness (QED) is 0.687. The maximum absolute atomic E-state index is 13.3. The summed E-state index contributed by atoms with van der Waals surface area (Å²) in [6.45, 7) is 3.16. The number of carbonyl (C=O) groups is 2. The summed E-state index contributed by atoms with van der Waals surface area (Å²) in [5.74, 6) is -2.60. The molecular formula is C18H16N2O4. The number of amides is 1. The van der Waals surface area contributed by atoms with Gasteiger partial charge in [0, 0.05) is 23.7 Å². The number of anilines is 1. The first-order chi connectivity index (χ1) is 11.3. The number of rotatable bonds is 1. The topological polar surface area (TPSA) is 102 Å². The minimum Gasteiger partial charge on any atom is -0.454 e. The highest BCUT2D eigenvalue weighted by Crippen LogP contribution is 2.58. The fourth-order valence-corrected chi connectivity index (χ4v) is 3.74. The SMILES string of the molecule is CC(=O)NC12C(=O)c3c(N)cccc3C1(O)Oc1ccc(C)cc12. The molecule has 6 heteroatoms. The van der Waals surface area contributed by atoms with Gasteiger partial charge in [-0.1, -0.05) is 23.8 Å². The second kappa shape index (κ2) is 4.36. The van der Waals surface area contributed by atoms with Crippen molar-refractivity contribution in [2.45, 2.75) is 25.2 Å². The van der Waals surface area contributed by atoms with Crippen molar-refractivity contribution >= 4 is 17.4 Å². The first-order valence-corrected chi connectivity index (χ1v) is 7.56. The van der Waals surface area contributed by atoms with Crippen LogP contribution in [0.2, 0.25) is 0 Å². The van der Waals surface area contributed by atoms with E-state index in [1.807, 2.05) is 13.0 Å². The highest BCUT2D eigenvalue weighted by molar-refractivity contribution is 6.15. The molecule has 2 aliphatic rings. The fourth-order valence-electron chi connectivity index (χ4n) is 3.74. The number of ether oxygens (including phenoxy) is 1. The van der Waals surface area contributed by atoms with Crippen molar-refractivity contribution < 1.29 is 19.4 Å². The number of hydrogen-bond donors (Lipinski definition) is 3. The van der Waals surface area contributed by atoms with Crippen LogP contribution in [0.5, 0.6) is 5.75 Å². The second-order valence-corrected chi connectivity index (χ2v) is 6.28. The second-order valence-electron chi connectivity index (χ2n) is 6.28. The predicted molar refractivity (Wildman–Crippen MR) is 86.4 cm³/mol. The summed E-state index contributed by atoms with van der Waals surface area (Å²) in [5, 5.41) is 14.0. The first kappa shape index (κ1) is 14.7. The molecule has 0 saturated carbocycles. The van der Waals surface area contributed by atoms with Gasteiger partial charge in [0.25, 0.3) is 5.79 Å². The van der Waals surface area contributed by atoms with Crippen LogP contribution in [0, 0.1) is 6.92 Å². The van der Waals surface area contributed by atoms with Gasteiger partial charge in [-0.2, -0.15) is 0 Å². The number of fused-ring (bicyclic) bond motifs is 5. The molecule has 0 fully saturated rings. The van der Waals surface area contributed by atoms with Gasteiger partial charge in [0.05, 0.1) is 5.56 Å². The summed E-state index contributed by atoms with van der Waals surface area (Å²) in [5.41, 5.74) is 6.21. The van der Waals surface area contributed by atoms with E-state index in [0.29, 0.717) is 11.3 Å². The summed E-state index contributed by atoms with van der Waals surface area (Å²) in [7, 11) is 0. The molecule has 2 unspecified atom stereocenters. The van der Waals surface area contributed by atoms with Crippen LogP contribution in [0.4, 0.5) is 5.69 Å². The minimum atomic E-state index is -2.03. The molecule has 24 heavy (non-hydrogen) atoms. The van der Waals surface area contributed by atoms with E-state index in [0.717, 1.165) is 5.56 Å². The normalized spacial score (nSPS) is 26.4. The Morgan fingerprint density at radius 2 is 2.00 bits per heavy atom. The Balaban J connectivity index is 2.09. The number of benzene rings is 2. The molecule has 0 bridgehead atoms. The molecule has 0 saturated heterocycles. The van der Waals surface area contributed by atoms with Crippen LogP contribution in [-0.2, 0) is 16.1 Å². The van der Waals surface area contributed by atoms with E-state index in [4.69, 9.17) is 10.5 Å². The van der Waals surface area contributed by atoms with Crippen LogP contribution < -0.4 is 15.8 Å². The Morgan fingerprint density at radius 3 is 2.71 bits per heavy atom. The lowest BCUT2D eigenvalue weighted by Crippen LogP contribution is -2.59. The lowest BCUT2D eigenvalue weighted by molar-refractivity contribution is -0.175. The average Bonchev–Trinajstić information content (AvgIpc) is 2.86. The van der Waals surface area contributed by atoms with Crippen LogP contribution in [0.3, 0.4) is 0 Å². The summed E-state index contributed by atoms with van der Waals surface area (Å²) in [6.07, 6.45) is 0. The number of Topliss-reactive ketones (excluding diaryl/α,β-unsaturated/α-hetero) is 1. The van der Waals surface area contributed by atoms with E-state index in [1.54, 1.807) is 30.3 Å². The van der Waals surface area contributed by atoms with Gasteiger partial charge < -0.3 is 20.9 Å². The number of hydrogen-bond acceptors (Lipinski definition) is 5. The molecule has 4 rings (SSSR count). The van der Waals surface area contributed by atoms with Crippen molar-refractivity contribution in [1.29, 1.82) is 0 Å². The van der Waals surface area contributed by atoms with Gasteiger partial charge >= 0.3 is 0 Å². The van der Waals surface area contributed by atoms with E-state index in [9.17, 15) is 14.7 Å². The summed E-state index contributed by atoms with van der Waals surface area (Å²) in [4.78, 5) is 25.2. The summed E-state index contributed by atoms with van der Waals surface area (Å²) >= 11 is 0. The number of aliphatic hydroxyl groups is 1. The van der Waals surface area contributed by atoms with E-state index in [1.165, 1.54) is 6.92 Å². The minimum absolute atomic E-state index is 0.181. The van der Waals surface area contributed by atoms with Crippen LogP contribution in [0.15, 0.2) is 36.4 Å². The molecule has 1 aliphatic heterocycles. The smallest absolute Gasteiger partial charge is 0.271 e. The Kier molecular flexibility index (Phi) is 2.67. The van der Waals surface area contributed by atoms with Gasteiger partial charge in [0.1, 0.15) is 5.75 Å². The third-order valence-electron chi connectivity index (χ3n) is 4.70. The molecule has 6 nitrogen and oxygen atoms in total. The predicted octanol–water partition coefficient (Wildman–Crippen LogP) is 1.34. The standard InChI is InChI=1S/C18H16N2O4/c1-9-6-7-14-12(8-9)17(20-10(2)21)16(22)15-11(18(17,23)24-14)4-3-5-13(15)19/h3-8,23H,19H2,1-2H3,(H,20,21). The Labute approximate surface area is 138 Å². The molecule has 1 aliphatic carbocycles. The highest BCUT2D eigenvalue weighted by atomic mass is 16.6. The van der Waals surface area contributed by atoms with E-state index in [2.05, 4.69) is 5.32 Å². The van der Waals surface area contributed by atoms with E-state index in [-0.39, 0.29) is 16.8 Å². The maximum Gasteiger partial charge on any atom is 0.271 e. The number of nitrogens with one attached hydrogen (secondary N) is 1. The van der Waals surface area contributed by atoms with Crippen LogP contribution in [-0.4, -0.2) is 16.8 Å². The molecule has 122 valence electrons. The molecule has 0 radical (unpaired) electrons. The lowest BCUT2D eigenvalue weighted by atomic mass is 9.82. The van der Waals surface area contributed by atoms with Gasteiger partial charge in [-0.25, -0.2) is 0 Å². The van der Waals surface area contributed by atoms with Gasteiger partial charge in [0.2, 0.25) is 17.2 Å². The number of carbonyl (C=O) groups excluding carboxylic acids is 2. The Morgan fingerprint density at radius 1 is 1.25 bits per heavy atom. The first-order valence-electron chi connectivity index (χ1n) is 7.56. The zero-order chi connectivity index (χ0) is 17.3. The third kappa shape index (κ3) is 1.48. The lowest BCUT2D eigenvalue weighted by Gasteiger charge is -2.34. The molecule has 2 aromatic rings. The van der Waals surface area contributed by atoms with Gasteiger partial charge in [-0.3, -0.25) is 9.59 Å². The van der Waals surface area contributed by atoms with Crippen molar-refractivity contribution in [3.8, 4) is 5.75 Å². The van der Waals surface area contributed by atoms with Gasteiger partial charge in [-0.15, -0.1) is 0 Å². The highest BCUT2D eigenvalue weighted by Gasteiger charge is 2.71. The van der Waals surface area contributed by atoms with Crippen LogP contribution in [0.1, 0.15) is 34.0 Å². The van der Waals surface area contributed by atoms with Crippen molar-refractivity contribution in [3.05, 3.63) is 58.7 Å². The number of nitrogen functional groups attached to an aromatic ring is 1. The largest absolute Gasteiger partial charge is 0.454 e. The van der Waals surface area contributed by atoms with E-state index >= 15 is 0 Å². The summed E-state index contributed by atoms with van der Waals surface area (Å²) in [6, 6.07) is 10.1. The average molecular weight is 324 g/mol. The van der Waals surface area contributed by atoms with Crippen LogP contribution in [0.25, 0.3) is 0 Å².